The standard InChI is InChI=1S/C17H15NO3/c19-11-1-2-13-3-5-14(6-4-13)12-18-17(21)15-7-9-16(20)10-8-15/h3-10,19-20H,11-12H2,(H,18,21). The number of carbonyl (C=O) groups excluding carboxylic acids is 1. The highest BCUT2D eigenvalue weighted by Gasteiger charge is 2.04. The summed E-state index contributed by atoms with van der Waals surface area (Å²) in [5, 5.41) is 20.6. The van der Waals surface area contributed by atoms with E-state index >= 15 is 0 Å². The molecule has 0 aliphatic heterocycles. The molecule has 0 bridgehead atoms. The lowest BCUT2D eigenvalue weighted by Gasteiger charge is -2.05. The zero-order valence-corrected chi connectivity index (χ0v) is 11.3. The number of nitrogens with one attached hydrogen (secondary N) is 1. The van der Waals surface area contributed by atoms with Gasteiger partial charge in [-0.15, -0.1) is 0 Å². The van der Waals surface area contributed by atoms with Gasteiger partial charge in [0.2, 0.25) is 0 Å². The van der Waals surface area contributed by atoms with Crippen molar-refractivity contribution in [2.75, 3.05) is 6.61 Å². The monoisotopic (exact) mass is 281 g/mol. The van der Waals surface area contributed by atoms with Gasteiger partial charge >= 0.3 is 0 Å². The van der Waals surface area contributed by atoms with Crippen molar-refractivity contribution in [1.29, 1.82) is 0 Å². The number of hydrogen-bond donors (Lipinski definition) is 3. The molecule has 0 atom stereocenters. The smallest absolute Gasteiger partial charge is 0.251 e. The van der Waals surface area contributed by atoms with Gasteiger partial charge in [-0.05, 0) is 42.0 Å². The van der Waals surface area contributed by atoms with Crippen molar-refractivity contribution in [2.24, 2.45) is 0 Å². The number of phenols is 1. The first kappa shape index (κ1) is 14.6. The molecule has 1 amide bonds. The molecule has 0 saturated carbocycles. The Morgan fingerprint density at radius 2 is 1.71 bits per heavy atom. The minimum absolute atomic E-state index is 0.131. The van der Waals surface area contributed by atoms with Crippen LogP contribution in [0.2, 0.25) is 0 Å². The summed E-state index contributed by atoms with van der Waals surface area (Å²) in [6.45, 7) is 0.248. The zero-order valence-electron chi connectivity index (χ0n) is 11.3. The molecular weight excluding hydrogens is 266 g/mol. The summed E-state index contributed by atoms with van der Waals surface area (Å²) in [7, 11) is 0. The molecule has 21 heavy (non-hydrogen) atoms. The molecular formula is C17H15NO3. The van der Waals surface area contributed by atoms with E-state index in [1.807, 2.05) is 24.3 Å². The van der Waals surface area contributed by atoms with E-state index in [1.54, 1.807) is 12.1 Å². The second-order valence-corrected chi connectivity index (χ2v) is 4.39. The van der Waals surface area contributed by atoms with E-state index in [2.05, 4.69) is 17.2 Å². The Kier molecular flexibility index (Phi) is 4.97. The number of benzene rings is 2. The lowest BCUT2D eigenvalue weighted by molar-refractivity contribution is 0.0951. The predicted molar refractivity (Wildman–Crippen MR) is 79.7 cm³/mol. The molecule has 2 aromatic rings. The topological polar surface area (TPSA) is 69.6 Å². The van der Waals surface area contributed by atoms with Crippen LogP contribution in [-0.2, 0) is 6.54 Å². The number of aromatic hydroxyl groups is 1. The minimum atomic E-state index is -0.195. The highest BCUT2D eigenvalue weighted by molar-refractivity contribution is 5.94. The fourth-order valence-corrected chi connectivity index (χ4v) is 1.74. The molecule has 4 nitrogen and oxygen atoms in total. The van der Waals surface area contributed by atoms with Crippen LogP contribution in [0.1, 0.15) is 21.5 Å². The fraction of sp³-hybridized carbons (Fsp3) is 0.118. The first-order valence-corrected chi connectivity index (χ1v) is 6.45. The molecule has 3 N–H and O–H groups in total. The van der Waals surface area contributed by atoms with Crippen molar-refractivity contribution >= 4 is 5.91 Å². The van der Waals surface area contributed by atoms with Gasteiger partial charge in [-0.2, -0.15) is 0 Å². The van der Waals surface area contributed by atoms with Gasteiger partial charge in [0.25, 0.3) is 5.91 Å². The maximum atomic E-state index is 11.9. The van der Waals surface area contributed by atoms with E-state index in [0.29, 0.717) is 12.1 Å². The Labute approximate surface area is 123 Å². The molecule has 106 valence electrons. The van der Waals surface area contributed by atoms with Crippen molar-refractivity contribution in [1.82, 2.24) is 5.32 Å². The lowest BCUT2D eigenvalue weighted by atomic mass is 10.1. The van der Waals surface area contributed by atoms with Crippen molar-refractivity contribution in [2.45, 2.75) is 6.54 Å². The molecule has 0 spiro atoms. The largest absolute Gasteiger partial charge is 0.508 e. The van der Waals surface area contributed by atoms with Gasteiger partial charge in [-0.1, -0.05) is 24.0 Å². The van der Waals surface area contributed by atoms with E-state index in [1.165, 1.54) is 12.1 Å². The van der Waals surface area contributed by atoms with Crippen LogP contribution in [-0.4, -0.2) is 22.7 Å². The highest BCUT2D eigenvalue weighted by atomic mass is 16.3. The Morgan fingerprint density at radius 3 is 2.33 bits per heavy atom. The average molecular weight is 281 g/mol. The summed E-state index contributed by atoms with van der Waals surface area (Å²) in [6, 6.07) is 13.5. The van der Waals surface area contributed by atoms with Gasteiger partial charge in [0.05, 0.1) is 0 Å². The van der Waals surface area contributed by atoms with Crippen LogP contribution in [0.15, 0.2) is 48.5 Å². The van der Waals surface area contributed by atoms with Gasteiger partial charge in [-0.3, -0.25) is 4.79 Å². The van der Waals surface area contributed by atoms with Gasteiger partial charge in [-0.25, -0.2) is 0 Å². The molecule has 2 rings (SSSR count). The summed E-state index contributed by atoms with van der Waals surface area (Å²) in [5.41, 5.74) is 2.27. The number of aliphatic hydroxyl groups excluding tert-OH is 1. The summed E-state index contributed by atoms with van der Waals surface area (Å²) >= 11 is 0. The van der Waals surface area contributed by atoms with Gasteiger partial charge in [0, 0.05) is 17.7 Å². The van der Waals surface area contributed by atoms with Crippen LogP contribution >= 0.6 is 0 Å². The third-order valence-electron chi connectivity index (χ3n) is 2.85. The number of hydrogen-bond acceptors (Lipinski definition) is 3. The first-order chi connectivity index (χ1) is 10.2. The van der Waals surface area contributed by atoms with Gasteiger partial charge < -0.3 is 15.5 Å². The van der Waals surface area contributed by atoms with E-state index < -0.39 is 0 Å². The summed E-state index contributed by atoms with van der Waals surface area (Å²) in [6.07, 6.45) is 0. The van der Waals surface area contributed by atoms with Crippen LogP contribution < -0.4 is 5.32 Å². The first-order valence-electron chi connectivity index (χ1n) is 6.45. The summed E-state index contributed by atoms with van der Waals surface area (Å²) in [4.78, 5) is 11.9. The second-order valence-electron chi connectivity index (χ2n) is 4.39. The molecule has 4 heteroatoms. The molecule has 0 saturated heterocycles. The van der Waals surface area contributed by atoms with E-state index in [-0.39, 0.29) is 18.3 Å². The molecule has 0 radical (unpaired) electrons. The Bertz CT molecular complexity index is 664. The van der Waals surface area contributed by atoms with Crippen molar-refractivity contribution < 1.29 is 15.0 Å². The molecule has 0 heterocycles. The third kappa shape index (κ3) is 4.37. The van der Waals surface area contributed by atoms with Crippen molar-refractivity contribution in [3.63, 3.8) is 0 Å². The van der Waals surface area contributed by atoms with Crippen LogP contribution in [0.4, 0.5) is 0 Å². The van der Waals surface area contributed by atoms with Crippen LogP contribution in [0, 0.1) is 11.8 Å². The number of rotatable bonds is 3. The fourth-order valence-electron chi connectivity index (χ4n) is 1.74. The summed E-state index contributed by atoms with van der Waals surface area (Å²) < 4.78 is 0. The van der Waals surface area contributed by atoms with Gasteiger partial charge in [0.15, 0.2) is 0 Å². The highest BCUT2D eigenvalue weighted by Crippen LogP contribution is 2.10. The normalized spacial score (nSPS) is 9.57. The van der Waals surface area contributed by atoms with Crippen molar-refractivity contribution in [3.8, 4) is 17.6 Å². The molecule has 0 aliphatic rings. The van der Waals surface area contributed by atoms with E-state index in [9.17, 15) is 9.90 Å². The second kappa shape index (κ2) is 7.13. The molecule has 0 aliphatic carbocycles. The van der Waals surface area contributed by atoms with Crippen molar-refractivity contribution in [3.05, 3.63) is 65.2 Å². The average Bonchev–Trinajstić information content (AvgIpc) is 2.52. The lowest BCUT2D eigenvalue weighted by Crippen LogP contribution is -2.22. The maximum absolute atomic E-state index is 11.9. The zero-order chi connectivity index (χ0) is 15.1. The Morgan fingerprint density at radius 1 is 1.05 bits per heavy atom. The van der Waals surface area contributed by atoms with Crippen LogP contribution in [0.25, 0.3) is 0 Å². The molecule has 0 aromatic heterocycles. The number of carbonyl (C=O) groups is 1. The Hall–Kier alpha value is -2.77. The predicted octanol–water partition coefficient (Wildman–Crippen LogP) is 1.67. The molecule has 2 aromatic carbocycles. The molecule has 0 unspecified atom stereocenters. The number of aliphatic hydroxyl groups is 1. The van der Waals surface area contributed by atoms with E-state index in [0.717, 1.165) is 11.1 Å². The third-order valence-corrected chi connectivity index (χ3v) is 2.85. The van der Waals surface area contributed by atoms with Crippen LogP contribution in [0.3, 0.4) is 0 Å². The number of phenolic OH excluding ortho intramolecular Hbond substituents is 1. The van der Waals surface area contributed by atoms with Crippen LogP contribution in [0.5, 0.6) is 5.75 Å². The quantitative estimate of drug-likeness (QED) is 0.749. The SMILES string of the molecule is O=C(NCc1ccc(C#CCO)cc1)c1ccc(O)cc1. The van der Waals surface area contributed by atoms with E-state index in [4.69, 9.17) is 5.11 Å². The minimum Gasteiger partial charge on any atom is -0.508 e. The van der Waals surface area contributed by atoms with Gasteiger partial charge in [0.1, 0.15) is 12.4 Å². The summed E-state index contributed by atoms with van der Waals surface area (Å²) in [5.74, 6) is 5.32. The maximum Gasteiger partial charge on any atom is 0.251 e. The Balaban J connectivity index is 1.93. The number of amides is 1. The molecule has 0 fully saturated rings.